The average Bonchev–Trinajstić information content (AvgIpc) is 2.69. The standard InChI is InChI=1S/C19H20FN3O4S/c1-13-19(24)21-16-12-14(6-7-18(16)27-13)28(25,26)23-10-8-22(9-11-23)17-5-3-2-4-15(17)20/h2-7,12-13H,8-11H2,1H3,(H,21,24). The van der Waals surface area contributed by atoms with Gasteiger partial charge in [0, 0.05) is 26.2 Å². The number of ether oxygens (including phenoxy) is 1. The summed E-state index contributed by atoms with van der Waals surface area (Å²) in [6.07, 6.45) is -0.624. The van der Waals surface area contributed by atoms with Crippen molar-refractivity contribution in [3.63, 3.8) is 0 Å². The van der Waals surface area contributed by atoms with Gasteiger partial charge in [0.15, 0.2) is 6.10 Å². The van der Waals surface area contributed by atoms with E-state index in [2.05, 4.69) is 5.32 Å². The predicted octanol–water partition coefficient (Wildman–Crippen LogP) is 2.06. The molecular weight excluding hydrogens is 385 g/mol. The molecule has 148 valence electrons. The zero-order chi connectivity index (χ0) is 19.9. The second kappa shape index (κ2) is 7.06. The molecular formula is C19H20FN3O4S. The monoisotopic (exact) mass is 405 g/mol. The number of rotatable bonds is 3. The summed E-state index contributed by atoms with van der Waals surface area (Å²) < 4.78 is 46.8. The molecule has 0 aliphatic carbocycles. The summed E-state index contributed by atoms with van der Waals surface area (Å²) in [7, 11) is -3.74. The van der Waals surface area contributed by atoms with Crippen molar-refractivity contribution in [2.45, 2.75) is 17.9 Å². The van der Waals surface area contributed by atoms with Gasteiger partial charge < -0.3 is 15.0 Å². The van der Waals surface area contributed by atoms with Crippen LogP contribution in [0.5, 0.6) is 5.75 Å². The van der Waals surface area contributed by atoms with Crippen LogP contribution < -0.4 is 15.0 Å². The van der Waals surface area contributed by atoms with Crippen molar-refractivity contribution in [3.8, 4) is 5.75 Å². The number of hydrogen-bond donors (Lipinski definition) is 1. The minimum Gasteiger partial charge on any atom is -0.479 e. The van der Waals surface area contributed by atoms with E-state index in [9.17, 15) is 17.6 Å². The highest BCUT2D eigenvalue weighted by atomic mass is 32.2. The lowest BCUT2D eigenvalue weighted by molar-refractivity contribution is -0.122. The molecule has 0 bridgehead atoms. The van der Waals surface area contributed by atoms with Crippen molar-refractivity contribution in [3.05, 3.63) is 48.3 Å². The van der Waals surface area contributed by atoms with Crippen molar-refractivity contribution < 1.29 is 22.3 Å². The van der Waals surface area contributed by atoms with Gasteiger partial charge in [-0.1, -0.05) is 12.1 Å². The molecule has 7 nitrogen and oxygen atoms in total. The van der Waals surface area contributed by atoms with E-state index < -0.39 is 16.1 Å². The lowest BCUT2D eigenvalue weighted by Gasteiger charge is -2.35. The van der Waals surface area contributed by atoms with Gasteiger partial charge in [-0.25, -0.2) is 12.8 Å². The van der Waals surface area contributed by atoms with Crippen LogP contribution >= 0.6 is 0 Å². The van der Waals surface area contributed by atoms with Crippen molar-refractivity contribution in [2.75, 3.05) is 36.4 Å². The SMILES string of the molecule is CC1Oc2ccc(S(=O)(=O)N3CCN(c4ccccc4F)CC3)cc2NC1=O. The van der Waals surface area contributed by atoms with Crippen LogP contribution in [-0.4, -0.2) is 50.9 Å². The third-order valence-corrected chi connectivity index (χ3v) is 6.85. The Morgan fingerprint density at radius 3 is 2.54 bits per heavy atom. The van der Waals surface area contributed by atoms with Crippen molar-refractivity contribution in [2.24, 2.45) is 0 Å². The summed E-state index contributed by atoms with van der Waals surface area (Å²) in [5, 5.41) is 2.66. The highest BCUT2D eigenvalue weighted by molar-refractivity contribution is 7.89. The molecule has 1 unspecified atom stereocenters. The molecule has 0 aromatic heterocycles. The number of halogens is 1. The first kappa shape index (κ1) is 18.7. The quantitative estimate of drug-likeness (QED) is 0.846. The molecule has 2 aromatic rings. The first-order valence-corrected chi connectivity index (χ1v) is 10.4. The zero-order valence-corrected chi connectivity index (χ0v) is 16.1. The fraction of sp³-hybridized carbons (Fsp3) is 0.316. The summed E-state index contributed by atoms with van der Waals surface area (Å²) >= 11 is 0. The smallest absolute Gasteiger partial charge is 0.265 e. The average molecular weight is 405 g/mol. The second-order valence-corrected chi connectivity index (χ2v) is 8.69. The van der Waals surface area contributed by atoms with Gasteiger partial charge in [-0.05, 0) is 37.3 Å². The van der Waals surface area contributed by atoms with E-state index in [-0.39, 0.29) is 29.7 Å². The van der Waals surface area contributed by atoms with Crippen molar-refractivity contribution in [1.82, 2.24) is 4.31 Å². The summed E-state index contributed by atoms with van der Waals surface area (Å²) in [6.45, 7) is 2.89. The summed E-state index contributed by atoms with van der Waals surface area (Å²) in [5.41, 5.74) is 0.816. The molecule has 1 N–H and O–H groups in total. The number of fused-ring (bicyclic) bond motifs is 1. The van der Waals surface area contributed by atoms with Crippen LogP contribution in [-0.2, 0) is 14.8 Å². The van der Waals surface area contributed by atoms with E-state index in [0.29, 0.717) is 30.2 Å². The van der Waals surface area contributed by atoms with E-state index in [1.807, 2.05) is 4.90 Å². The molecule has 4 rings (SSSR count). The maximum Gasteiger partial charge on any atom is 0.265 e. The number of piperazine rings is 1. The minimum atomic E-state index is -3.74. The Hall–Kier alpha value is -2.65. The lowest BCUT2D eigenvalue weighted by atomic mass is 10.2. The molecule has 0 saturated carbocycles. The Morgan fingerprint density at radius 1 is 1.11 bits per heavy atom. The van der Waals surface area contributed by atoms with Crippen molar-refractivity contribution in [1.29, 1.82) is 0 Å². The van der Waals surface area contributed by atoms with Gasteiger partial charge in [0.1, 0.15) is 11.6 Å². The molecule has 9 heteroatoms. The van der Waals surface area contributed by atoms with Gasteiger partial charge in [0.2, 0.25) is 10.0 Å². The van der Waals surface area contributed by atoms with Crippen LogP contribution in [0.4, 0.5) is 15.8 Å². The predicted molar refractivity (Wildman–Crippen MR) is 103 cm³/mol. The minimum absolute atomic E-state index is 0.0871. The number of sulfonamides is 1. The number of carbonyl (C=O) groups excluding carboxylic acids is 1. The van der Waals surface area contributed by atoms with E-state index >= 15 is 0 Å². The first-order valence-electron chi connectivity index (χ1n) is 8.97. The topological polar surface area (TPSA) is 79.0 Å². The summed E-state index contributed by atoms with van der Waals surface area (Å²) in [6, 6.07) is 10.9. The Morgan fingerprint density at radius 2 is 1.82 bits per heavy atom. The van der Waals surface area contributed by atoms with Gasteiger partial charge in [-0.15, -0.1) is 0 Å². The Kier molecular flexibility index (Phi) is 4.72. The van der Waals surface area contributed by atoms with Crippen molar-refractivity contribution >= 4 is 27.3 Å². The number of nitrogens with one attached hydrogen (secondary N) is 1. The van der Waals surface area contributed by atoms with E-state index in [4.69, 9.17) is 4.74 Å². The van der Waals surface area contributed by atoms with Crippen LogP contribution in [0.1, 0.15) is 6.92 Å². The van der Waals surface area contributed by atoms with Crippen LogP contribution in [0.3, 0.4) is 0 Å². The van der Waals surface area contributed by atoms with Crippen LogP contribution in [0, 0.1) is 5.82 Å². The van der Waals surface area contributed by atoms with E-state index in [1.54, 1.807) is 31.2 Å². The summed E-state index contributed by atoms with van der Waals surface area (Å²) in [4.78, 5) is 13.7. The Balaban J connectivity index is 1.52. The molecule has 1 amide bonds. The van der Waals surface area contributed by atoms with Gasteiger partial charge in [0.25, 0.3) is 5.91 Å². The third kappa shape index (κ3) is 3.31. The maximum absolute atomic E-state index is 14.0. The van der Waals surface area contributed by atoms with Crippen LogP contribution in [0.2, 0.25) is 0 Å². The highest BCUT2D eigenvalue weighted by Gasteiger charge is 2.31. The lowest BCUT2D eigenvalue weighted by Crippen LogP contribution is -2.48. The van der Waals surface area contributed by atoms with Gasteiger partial charge in [0.05, 0.1) is 16.3 Å². The molecule has 0 spiro atoms. The van der Waals surface area contributed by atoms with Gasteiger partial charge in [-0.3, -0.25) is 4.79 Å². The fourth-order valence-corrected chi connectivity index (χ4v) is 4.82. The van der Waals surface area contributed by atoms with Crippen LogP contribution in [0.15, 0.2) is 47.4 Å². The first-order chi connectivity index (χ1) is 13.4. The van der Waals surface area contributed by atoms with E-state index in [1.165, 1.54) is 22.5 Å². The molecule has 2 heterocycles. The number of amides is 1. The zero-order valence-electron chi connectivity index (χ0n) is 15.3. The number of hydrogen-bond acceptors (Lipinski definition) is 5. The molecule has 1 atom stereocenters. The molecule has 2 aliphatic rings. The number of carbonyl (C=O) groups is 1. The van der Waals surface area contributed by atoms with Crippen LogP contribution in [0.25, 0.3) is 0 Å². The Labute approximate surface area is 162 Å². The summed E-state index contributed by atoms with van der Waals surface area (Å²) in [5.74, 6) is -0.200. The van der Waals surface area contributed by atoms with Gasteiger partial charge in [-0.2, -0.15) is 4.31 Å². The molecule has 2 aliphatic heterocycles. The number of anilines is 2. The molecule has 0 radical (unpaired) electrons. The largest absolute Gasteiger partial charge is 0.479 e. The third-order valence-electron chi connectivity index (χ3n) is 4.95. The van der Waals surface area contributed by atoms with E-state index in [0.717, 1.165) is 0 Å². The molecule has 28 heavy (non-hydrogen) atoms. The normalized spacial score (nSPS) is 20.3. The Bertz CT molecular complexity index is 1020. The molecule has 2 aromatic carbocycles. The fourth-order valence-electron chi connectivity index (χ4n) is 3.37. The number of nitrogens with zero attached hydrogens (tertiary/aromatic N) is 2. The highest BCUT2D eigenvalue weighted by Crippen LogP contribution is 2.33. The second-order valence-electron chi connectivity index (χ2n) is 6.75. The van der Waals surface area contributed by atoms with Gasteiger partial charge >= 0.3 is 0 Å². The molecule has 1 fully saturated rings. The number of para-hydroxylation sites is 1. The maximum atomic E-state index is 14.0. The number of benzene rings is 2. The molecule has 1 saturated heterocycles.